The molecule has 1 atom stereocenters. The molecule has 5 nitrogen and oxygen atoms in total. The second kappa shape index (κ2) is 9.95. The van der Waals surface area contributed by atoms with E-state index in [4.69, 9.17) is 11.6 Å². The molecule has 1 aliphatic rings. The Balaban J connectivity index is 1.71. The second-order valence-electron chi connectivity index (χ2n) is 7.52. The summed E-state index contributed by atoms with van der Waals surface area (Å²) in [5.41, 5.74) is 2.95. The van der Waals surface area contributed by atoms with Crippen LogP contribution >= 0.6 is 23.4 Å². The first-order valence-corrected chi connectivity index (χ1v) is 11.5. The van der Waals surface area contributed by atoms with Crippen molar-refractivity contribution in [3.05, 3.63) is 106 Å². The zero-order chi connectivity index (χ0) is 23.4. The van der Waals surface area contributed by atoms with Gasteiger partial charge in [-0.1, -0.05) is 71.9 Å². The Morgan fingerprint density at radius 1 is 1.09 bits per heavy atom. The lowest BCUT2D eigenvalue weighted by molar-refractivity contribution is -0.117. The van der Waals surface area contributed by atoms with E-state index in [9.17, 15) is 14.9 Å². The van der Waals surface area contributed by atoms with Gasteiger partial charge in [0, 0.05) is 16.4 Å². The molecule has 164 valence electrons. The van der Waals surface area contributed by atoms with Crippen LogP contribution in [-0.4, -0.2) is 17.1 Å². The summed E-state index contributed by atoms with van der Waals surface area (Å²) in [7, 11) is 0. The number of nitrogens with one attached hydrogen (secondary N) is 1. The number of para-hydroxylation sites is 2. The number of benzene rings is 3. The summed E-state index contributed by atoms with van der Waals surface area (Å²) < 4.78 is 0. The lowest BCUT2D eigenvalue weighted by Gasteiger charge is -2.18. The van der Waals surface area contributed by atoms with E-state index in [1.807, 2.05) is 55.5 Å². The lowest BCUT2D eigenvalue weighted by atomic mass is 10.1. The van der Waals surface area contributed by atoms with E-state index in [0.717, 1.165) is 11.1 Å². The smallest absolute Gasteiger partial charge is 0.269 e. The second-order valence-corrected chi connectivity index (χ2v) is 9.11. The van der Waals surface area contributed by atoms with Gasteiger partial charge in [0.05, 0.1) is 5.25 Å². The topological polar surface area (TPSA) is 73.2 Å². The van der Waals surface area contributed by atoms with Crippen molar-refractivity contribution in [3.8, 4) is 6.07 Å². The molecule has 0 bridgehead atoms. The first-order chi connectivity index (χ1) is 16.0. The number of carbonyl (C=O) groups is 2. The minimum Gasteiger partial charge on any atom is -0.321 e. The summed E-state index contributed by atoms with van der Waals surface area (Å²) in [5.74, 6) is -0.739. The zero-order valence-corrected chi connectivity index (χ0v) is 19.4. The molecule has 0 aromatic heterocycles. The molecule has 3 aromatic rings. The number of hydrogen-bond donors (Lipinski definition) is 1. The van der Waals surface area contributed by atoms with Crippen LogP contribution in [0.1, 0.15) is 11.1 Å². The van der Waals surface area contributed by atoms with Gasteiger partial charge in [-0.3, -0.25) is 14.5 Å². The number of rotatable bonds is 5. The highest BCUT2D eigenvalue weighted by molar-refractivity contribution is 8.05. The summed E-state index contributed by atoms with van der Waals surface area (Å²) in [4.78, 5) is 27.9. The van der Waals surface area contributed by atoms with Gasteiger partial charge in [-0.2, -0.15) is 5.26 Å². The number of aryl methyl sites for hydroxylation is 1. The molecule has 7 heteroatoms. The fourth-order valence-electron chi connectivity index (χ4n) is 3.49. The van der Waals surface area contributed by atoms with Crippen molar-refractivity contribution in [1.29, 1.82) is 5.26 Å². The van der Waals surface area contributed by atoms with Gasteiger partial charge in [-0.05, 0) is 54.8 Å². The molecule has 1 heterocycles. The van der Waals surface area contributed by atoms with Gasteiger partial charge in [-0.25, -0.2) is 0 Å². The van der Waals surface area contributed by atoms with Crippen LogP contribution in [0.4, 0.5) is 11.4 Å². The van der Waals surface area contributed by atoms with Gasteiger partial charge in [0.2, 0.25) is 5.91 Å². The van der Waals surface area contributed by atoms with E-state index in [1.54, 1.807) is 36.4 Å². The Bertz CT molecular complexity index is 1270. The number of anilines is 2. The molecule has 0 radical (unpaired) electrons. The molecule has 0 saturated carbocycles. The molecule has 1 N–H and O–H groups in total. The highest BCUT2D eigenvalue weighted by Gasteiger charge is 2.40. The normalized spacial score (nSPS) is 16.9. The van der Waals surface area contributed by atoms with E-state index in [2.05, 4.69) is 5.32 Å². The molecule has 3 aromatic carbocycles. The van der Waals surface area contributed by atoms with E-state index in [0.29, 0.717) is 27.8 Å². The van der Waals surface area contributed by atoms with Gasteiger partial charge < -0.3 is 5.32 Å². The van der Waals surface area contributed by atoms with Crippen molar-refractivity contribution in [2.45, 2.75) is 18.6 Å². The van der Waals surface area contributed by atoms with Crippen LogP contribution in [0.2, 0.25) is 5.02 Å². The Labute approximate surface area is 201 Å². The minimum absolute atomic E-state index is 0.106. The molecular weight excluding hydrogens is 454 g/mol. The Kier molecular flexibility index (Phi) is 6.83. The van der Waals surface area contributed by atoms with Crippen LogP contribution in [-0.2, 0) is 16.0 Å². The van der Waals surface area contributed by atoms with Crippen LogP contribution in [0, 0.1) is 18.3 Å². The molecule has 2 amide bonds. The fourth-order valence-corrected chi connectivity index (χ4v) is 5.00. The predicted octanol–water partition coefficient (Wildman–Crippen LogP) is 5.71. The van der Waals surface area contributed by atoms with Crippen LogP contribution in [0.3, 0.4) is 0 Å². The lowest BCUT2D eigenvalue weighted by Crippen LogP contribution is -2.30. The molecule has 0 spiro atoms. The summed E-state index contributed by atoms with van der Waals surface area (Å²) in [6.45, 7) is 1.92. The average molecular weight is 474 g/mol. The summed E-state index contributed by atoms with van der Waals surface area (Å²) in [6, 6.07) is 25.7. The van der Waals surface area contributed by atoms with E-state index in [1.165, 1.54) is 16.7 Å². The fraction of sp³-hybridized carbons (Fsp3) is 0.115. The van der Waals surface area contributed by atoms with Crippen molar-refractivity contribution in [1.82, 2.24) is 0 Å². The number of amides is 2. The van der Waals surface area contributed by atoms with Crippen molar-refractivity contribution in [2.24, 2.45) is 0 Å². The number of halogens is 1. The number of nitrogens with zero attached hydrogens (tertiary/aromatic N) is 2. The SMILES string of the molecule is Cc1ccc(CC2SC(=C(C#N)C(=O)Nc3ccccc3)N(c3ccccc3)C2=O)cc1Cl. The van der Waals surface area contributed by atoms with Crippen LogP contribution in [0.5, 0.6) is 0 Å². The van der Waals surface area contributed by atoms with Crippen LogP contribution in [0.15, 0.2) is 89.5 Å². The monoisotopic (exact) mass is 473 g/mol. The third kappa shape index (κ3) is 4.95. The van der Waals surface area contributed by atoms with E-state index < -0.39 is 11.2 Å². The Morgan fingerprint density at radius 2 is 1.76 bits per heavy atom. The standard InChI is InChI=1S/C26H20ClN3O2S/c1-17-12-13-18(14-22(17)27)15-23-25(32)30(20-10-6-3-7-11-20)26(33-23)21(16-28)24(31)29-19-8-4-2-5-9-19/h2-14,23H,15H2,1H3,(H,29,31). The third-order valence-electron chi connectivity index (χ3n) is 5.21. The maximum atomic E-state index is 13.5. The number of thioether (sulfide) groups is 1. The summed E-state index contributed by atoms with van der Waals surface area (Å²) in [5, 5.41) is 13.1. The maximum absolute atomic E-state index is 13.5. The molecule has 1 unspecified atom stereocenters. The van der Waals surface area contributed by atoms with Crippen molar-refractivity contribution in [3.63, 3.8) is 0 Å². The van der Waals surface area contributed by atoms with Crippen LogP contribution < -0.4 is 10.2 Å². The average Bonchev–Trinajstić information content (AvgIpc) is 3.13. The van der Waals surface area contributed by atoms with E-state index in [-0.39, 0.29) is 11.5 Å². The third-order valence-corrected chi connectivity index (χ3v) is 6.88. The Morgan fingerprint density at radius 3 is 2.39 bits per heavy atom. The first kappa shape index (κ1) is 22.7. The largest absolute Gasteiger partial charge is 0.321 e. The van der Waals surface area contributed by atoms with Crippen molar-refractivity contribution < 1.29 is 9.59 Å². The molecule has 0 aliphatic carbocycles. The van der Waals surface area contributed by atoms with Gasteiger partial charge in [-0.15, -0.1) is 0 Å². The van der Waals surface area contributed by atoms with Gasteiger partial charge in [0.15, 0.2) is 0 Å². The molecule has 1 fully saturated rings. The molecule has 1 aliphatic heterocycles. The van der Waals surface area contributed by atoms with Crippen LogP contribution in [0.25, 0.3) is 0 Å². The quantitative estimate of drug-likeness (QED) is 0.380. The number of carbonyl (C=O) groups excluding carboxylic acids is 2. The summed E-state index contributed by atoms with van der Waals surface area (Å²) in [6.07, 6.45) is 0.426. The van der Waals surface area contributed by atoms with Crippen molar-refractivity contribution in [2.75, 3.05) is 10.2 Å². The molecule has 1 saturated heterocycles. The first-order valence-electron chi connectivity index (χ1n) is 10.3. The summed E-state index contributed by atoms with van der Waals surface area (Å²) >= 11 is 7.50. The van der Waals surface area contributed by atoms with Crippen molar-refractivity contribution >= 4 is 46.6 Å². The van der Waals surface area contributed by atoms with Gasteiger partial charge in [0.25, 0.3) is 5.91 Å². The zero-order valence-electron chi connectivity index (χ0n) is 17.8. The minimum atomic E-state index is -0.557. The van der Waals surface area contributed by atoms with Gasteiger partial charge >= 0.3 is 0 Å². The Hall–Kier alpha value is -3.53. The highest BCUT2D eigenvalue weighted by atomic mass is 35.5. The van der Waals surface area contributed by atoms with E-state index >= 15 is 0 Å². The molecule has 33 heavy (non-hydrogen) atoms. The van der Waals surface area contributed by atoms with Gasteiger partial charge in [0.1, 0.15) is 16.7 Å². The number of hydrogen-bond acceptors (Lipinski definition) is 4. The highest BCUT2D eigenvalue weighted by Crippen LogP contribution is 2.42. The predicted molar refractivity (Wildman–Crippen MR) is 133 cm³/mol. The molecular formula is C26H20ClN3O2S. The maximum Gasteiger partial charge on any atom is 0.269 e. The number of nitriles is 1. The molecule has 4 rings (SSSR count).